The van der Waals surface area contributed by atoms with Gasteiger partial charge in [0, 0.05) is 18.7 Å². The van der Waals surface area contributed by atoms with Crippen LogP contribution in [-0.4, -0.2) is 44.2 Å². The molecule has 9 nitrogen and oxygen atoms in total. The van der Waals surface area contributed by atoms with Gasteiger partial charge in [0.25, 0.3) is 5.69 Å². The maximum atomic E-state index is 12.1. The van der Waals surface area contributed by atoms with E-state index in [9.17, 15) is 23.3 Å². The highest BCUT2D eigenvalue weighted by Gasteiger charge is 2.27. The highest BCUT2D eigenvalue weighted by Crippen LogP contribution is 2.22. The van der Waals surface area contributed by atoms with E-state index >= 15 is 0 Å². The van der Waals surface area contributed by atoms with Crippen molar-refractivity contribution in [2.75, 3.05) is 13.7 Å². The van der Waals surface area contributed by atoms with E-state index in [0.29, 0.717) is 5.56 Å². The Hall–Kier alpha value is -2.04. The van der Waals surface area contributed by atoms with Crippen molar-refractivity contribution >= 4 is 21.7 Å². The number of nitrogens with zero attached hydrogens (tertiary/aromatic N) is 1. The molecule has 21 heavy (non-hydrogen) atoms. The van der Waals surface area contributed by atoms with Crippen LogP contribution in [-0.2, 0) is 19.6 Å². The quantitative estimate of drug-likeness (QED) is 0.544. The number of aliphatic carboxylic acids is 1. The molecule has 0 spiro atoms. The van der Waals surface area contributed by atoms with E-state index < -0.39 is 27.0 Å². The van der Waals surface area contributed by atoms with Gasteiger partial charge in [-0.05, 0) is 13.0 Å². The molecular formula is C11H14N2O7S. The topological polar surface area (TPSA) is 136 Å². The average molecular weight is 318 g/mol. The van der Waals surface area contributed by atoms with Crippen LogP contribution in [0, 0.1) is 17.0 Å². The Morgan fingerprint density at radius 3 is 2.62 bits per heavy atom. The van der Waals surface area contributed by atoms with E-state index in [1.54, 1.807) is 0 Å². The molecule has 1 atom stereocenters. The summed E-state index contributed by atoms with van der Waals surface area (Å²) in [6, 6.07) is 1.83. The van der Waals surface area contributed by atoms with Gasteiger partial charge in [-0.3, -0.25) is 14.9 Å². The van der Waals surface area contributed by atoms with Crippen LogP contribution in [0.4, 0.5) is 5.69 Å². The van der Waals surface area contributed by atoms with Crippen LogP contribution in [0.3, 0.4) is 0 Å². The molecule has 116 valence electrons. The summed E-state index contributed by atoms with van der Waals surface area (Å²) in [7, 11) is -2.99. The maximum absolute atomic E-state index is 12.1. The fraction of sp³-hybridized carbons (Fsp3) is 0.364. The molecule has 0 radical (unpaired) electrons. The van der Waals surface area contributed by atoms with Gasteiger partial charge in [0.2, 0.25) is 10.0 Å². The van der Waals surface area contributed by atoms with Crippen LogP contribution in [0.2, 0.25) is 0 Å². The van der Waals surface area contributed by atoms with Gasteiger partial charge in [-0.25, -0.2) is 8.42 Å². The lowest BCUT2D eigenvalue weighted by molar-refractivity contribution is -0.385. The number of sulfonamides is 1. The van der Waals surface area contributed by atoms with Gasteiger partial charge in [0.15, 0.2) is 0 Å². The van der Waals surface area contributed by atoms with Crippen LogP contribution < -0.4 is 4.72 Å². The summed E-state index contributed by atoms with van der Waals surface area (Å²) < 4.78 is 30.6. The fourth-order valence-corrected chi connectivity index (χ4v) is 2.72. The van der Waals surface area contributed by atoms with E-state index in [0.717, 1.165) is 12.1 Å². The molecule has 0 saturated heterocycles. The molecule has 0 saturated carbocycles. The second kappa shape index (κ2) is 6.61. The van der Waals surface area contributed by atoms with Crippen molar-refractivity contribution in [1.29, 1.82) is 0 Å². The summed E-state index contributed by atoms with van der Waals surface area (Å²) in [6.45, 7) is 1.09. The van der Waals surface area contributed by atoms with E-state index in [1.807, 2.05) is 4.72 Å². The van der Waals surface area contributed by atoms with Crippen LogP contribution in [0.25, 0.3) is 0 Å². The summed E-state index contributed by atoms with van der Waals surface area (Å²) in [5.74, 6) is -1.41. The molecular weight excluding hydrogens is 304 g/mol. The van der Waals surface area contributed by atoms with Crippen LogP contribution >= 0.6 is 0 Å². The smallest absolute Gasteiger partial charge is 0.324 e. The second-order valence-corrected chi connectivity index (χ2v) is 5.89. The van der Waals surface area contributed by atoms with E-state index in [4.69, 9.17) is 5.11 Å². The molecule has 0 aliphatic heterocycles. The number of nitrogens with one attached hydrogen (secondary N) is 1. The number of carboxylic acids is 1. The van der Waals surface area contributed by atoms with Gasteiger partial charge in [0.1, 0.15) is 6.04 Å². The minimum atomic E-state index is -4.21. The monoisotopic (exact) mass is 318 g/mol. The molecule has 1 unspecified atom stereocenters. The lowest BCUT2D eigenvalue weighted by atomic mass is 10.2. The first-order valence-corrected chi connectivity index (χ1v) is 7.16. The number of carbonyl (C=O) groups is 1. The normalized spacial score (nSPS) is 12.9. The molecule has 0 fully saturated rings. The van der Waals surface area contributed by atoms with Crippen LogP contribution in [0.1, 0.15) is 5.56 Å². The van der Waals surface area contributed by atoms with E-state index in [1.165, 1.54) is 20.1 Å². The largest absolute Gasteiger partial charge is 0.480 e. The Morgan fingerprint density at radius 1 is 1.52 bits per heavy atom. The standard InChI is InChI=1S/C11H14N2O7S/c1-7-3-4-8(5-10(7)13(16)17)21(18,19)12-9(6-20-2)11(14)15/h3-5,9,12H,6H2,1-2H3,(H,14,15). The third kappa shape index (κ3) is 4.21. The average Bonchev–Trinajstić information content (AvgIpc) is 2.37. The predicted octanol–water partition coefficient (Wildman–Crippen LogP) is 0.281. The molecule has 10 heteroatoms. The number of ether oxygens (including phenoxy) is 1. The molecule has 1 rings (SSSR count). The number of hydrogen-bond acceptors (Lipinski definition) is 6. The van der Waals surface area contributed by atoms with Crippen molar-refractivity contribution in [3.05, 3.63) is 33.9 Å². The number of carboxylic acid groups (broad SMARTS) is 1. The third-order valence-electron chi connectivity index (χ3n) is 2.62. The van der Waals surface area contributed by atoms with Gasteiger partial charge in [-0.1, -0.05) is 6.07 Å². The molecule has 0 amide bonds. The summed E-state index contributed by atoms with van der Waals surface area (Å²) >= 11 is 0. The Labute approximate surface area is 120 Å². The van der Waals surface area contributed by atoms with Crippen LogP contribution in [0.5, 0.6) is 0 Å². The summed E-state index contributed by atoms with van der Waals surface area (Å²) in [5.41, 5.74) is -0.0675. The number of methoxy groups -OCH3 is 1. The molecule has 0 aromatic heterocycles. The lowest BCUT2D eigenvalue weighted by Gasteiger charge is -2.14. The first-order valence-electron chi connectivity index (χ1n) is 5.68. The van der Waals surface area contributed by atoms with Gasteiger partial charge in [-0.15, -0.1) is 0 Å². The lowest BCUT2D eigenvalue weighted by Crippen LogP contribution is -2.43. The minimum absolute atomic E-state index is 0.297. The summed E-state index contributed by atoms with van der Waals surface area (Å²) in [4.78, 5) is 20.6. The molecule has 0 aliphatic rings. The number of nitro groups is 1. The van der Waals surface area contributed by atoms with Crippen LogP contribution in [0.15, 0.2) is 23.1 Å². The number of nitro benzene ring substituents is 1. The van der Waals surface area contributed by atoms with Crippen molar-refractivity contribution < 1.29 is 28.0 Å². The zero-order valence-corrected chi connectivity index (χ0v) is 12.1. The molecule has 0 bridgehead atoms. The number of rotatable bonds is 7. The first kappa shape index (κ1) is 17.0. The number of aryl methyl sites for hydroxylation is 1. The molecule has 2 N–H and O–H groups in total. The van der Waals surface area contributed by atoms with Crippen molar-refractivity contribution in [2.45, 2.75) is 17.9 Å². The zero-order valence-electron chi connectivity index (χ0n) is 11.3. The number of benzene rings is 1. The van der Waals surface area contributed by atoms with Crippen molar-refractivity contribution in [3.8, 4) is 0 Å². The predicted molar refractivity (Wildman–Crippen MR) is 71.5 cm³/mol. The second-order valence-electron chi connectivity index (χ2n) is 4.17. The highest BCUT2D eigenvalue weighted by atomic mass is 32.2. The summed E-state index contributed by atoms with van der Waals surface area (Å²) in [6.07, 6.45) is 0. The highest BCUT2D eigenvalue weighted by molar-refractivity contribution is 7.89. The maximum Gasteiger partial charge on any atom is 0.324 e. The van der Waals surface area contributed by atoms with Crippen molar-refractivity contribution in [1.82, 2.24) is 4.72 Å². The van der Waals surface area contributed by atoms with Gasteiger partial charge in [0.05, 0.1) is 16.4 Å². The molecule has 0 aliphatic carbocycles. The Bertz CT molecular complexity index is 657. The van der Waals surface area contributed by atoms with E-state index in [-0.39, 0.29) is 17.2 Å². The Morgan fingerprint density at radius 2 is 2.14 bits per heavy atom. The summed E-state index contributed by atoms with van der Waals surface area (Å²) in [5, 5.41) is 19.7. The van der Waals surface area contributed by atoms with Gasteiger partial charge < -0.3 is 9.84 Å². The molecule has 1 aromatic carbocycles. The fourth-order valence-electron chi connectivity index (χ4n) is 1.53. The first-order chi connectivity index (χ1) is 9.69. The Kier molecular flexibility index (Phi) is 5.35. The van der Waals surface area contributed by atoms with Gasteiger partial charge >= 0.3 is 5.97 Å². The van der Waals surface area contributed by atoms with Crippen molar-refractivity contribution in [3.63, 3.8) is 0 Å². The molecule has 1 aromatic rings. The number of hydrogen-bond donors (Lipinski definition) is 2. The van der Waals surface area contributed by atoms with E-state index in [2.05, 4.69) is 4.74 Å². The zero-order chi connectivity index (χ0) is 16.2. The SMILES string of the molecule is COCC(NS(=O)(=O)c1ccc(C)c([N+](=O)[O-])c1)C(=O)O. The Balaban J connectivity index is 3.16. The van der Waals surface area contributed by atoms with Crippen molar-refractivity contribution in [2.24, 2.45) is 0 Å². The third-order valence-corrected chi connectivity index (χ3v) is 4.09. The molecule has 0 heterocycles. The van der Waals surface area contributed by atoms with Gasteiger partial charge in [-0.2, -0.15) is 4.72 Å². The minimum Gasteiger partial charge on any atom is -0.480 e.